The van der Waals surface area contributed by atoms with Crippen LogP contribution in [0.15, 0.2) is 18.2 Å². The third-order valence-electron chi connectivity index (χ3n) is 4.16. The fraction of sp³-hybridized carbons (Fsp3) is 0.625. The molecule has 0 saturated carbocycles. The molecule has 23 heavy (non-hydrogen) atoms. The Bertz CT molecular complexity index is 503. The van der Waals surface area contributed by atoms with Crippen molar-refractivity contribution in [1.82, 2.24) is 10.2 Å². The summed E-state index contributed by atoms with van der Waals surface area (Å²) >= 11 is 6.20. The Morgan fingerprint density at radius 1 is 1.30 bits per heavy atom. The van der Waals surface area contributed by atoms with Gasteiger partial charge in [-0.15, -0.1) is 0 Å². The maximum atomic E-state index is 12.2. The van der Waals surface area contributed by atoms with E-state index in [0.29, 0.717) is 24.7 Å². The highest BCUT2D eigenvalue weighted by Gasteiger charge is 2.29. The molecular formula is C16H22ClF3N2O. The van der Waals surface area contributed by atoms with Crippen LogP contribution in [0.5, 0.6) is 5.75 Å². The summed E-state index contributed by atoms with van der Waals surface area (Å²) in [5, 5.41) is 4.09. The summed E-state index contributed by atoms with van der Waals surface area (Å²) in [4.78, 5) is 1.88. The van der Waals surface area contributed by atoms with Crippen LogP contribution in [-0.4, -0.2) is 43.9 Å². The number of hydrogen-bond acceptors (Lipinski definition) is 3. The molecule has 7 heteroatoms. The summed E-state index contributed by atoms with van der Waals surface area (Å²) in [5.74, 6) is 0.743. The predicted molar refractivity (Wildman–Crippen MR) is 85.0 cm³/mol. The number of likely N-dealkylation sites (tertiary alicyclic amines) is 1. The number of alkyl halides is 3. The van der Waals surface area contributed by atoms with E-state index in [1.165, 1.54) is 0 Å². The molecule has 1 aliphatic heterocycles. The van der Waals surface area contributed by atoms with Gasteiger partial charge in [-0.2, -0.15) is 13.2 Å². The molecule has 130 valence electrons. The molecule has 3 nitrogen and oxygen atoms in total. The second-order valence-electron chi connectivity index (χ2n) is 5.78. The molecule has 0 spiro atoms. The molecule has 1 heterocycles. The van der Waals surface area contributed by atoms with Crippen LogP contribution in [0.1, 0.15) is 24.8 Å². The van der Waals surface area contributed by atoms with Gasteiger partial charge in [0.25, 0.3) is 0 Å². The van der Waals surface area contributed by atoms with Crippen LogP contribution in [0.3, 0.4) is 0 Å². The van der Waals surface area contributed by atoms with E-state index in [-0.39, 0.29) is 12.6 Å². The largest absolute Gasteiger partial charge is 0.496 e. The molecule has 0 bridgehead atoms. The Balaban J connectivity index is 1.77. The fourth-order valence-corrected chi connectivity index (χ4v) is 3.03. The Kier molecular flexibility index (Phi) is 6.56. The van der Waals surface area contributed by atoms with Gasteiger partial charge in [0.15, 0.2) is 0 Å². The average molecular weight is 351 g/mol. The lowest BCUT2D eigenvalue weighted by Crippen LogP contribution is -2.43. The van der Waals surface area contributed by atoms with Crippen molar-refractivity contribution in [3.05, 3.63) is 28.8 Å². The third-order valence-corrected chi connectivity index (χ3v) is 4.52. The van der Waals surface area contributed by atoms with Gasteiger partial charge in [-0.3, -0.25) is 0 Å². The molecule has 1 saturated heterocycles. The van der Waals surface area contributed by atoms with E-state index >= 15 is 0 Å². The van der Waals surface area contributed by atoms with Crippen LogP contribution in [0, 0.1) is 0 Å². The molecule has 1 aromatic carbocycles. The normalized spacial score (nSPS) is 17.4. The van der Waals surface area contributed by atoms with Gasteiger partial charge in [0.1, 0.15) is 5.75 Å². The molecule has 1 fully saturated rings. The topological polar surface area (TPSA) is 24.5 Å². The Morgan fingerprint density at radius 3 is 2.61 bits per heavy atom. The van der Waals surface area contributed by atoms with E-state index in [2.05, 4.69) is 5.32 Å². The van der Waals surface area contributed by atoms with Gasteiger partial charge < -0.3 is 15.0 Å². The zero-order valence-electron chi connectivity index (χ0n) is 13.1. The van der Waals surface area contributed by atoms with Gasteiger partial charge >= 0.3 is 6.18 Å². The molecule has 0 unspecified atom stereocenters. The second-order valence-corrected chi connectivity index (χ2v) is 6.19. The quantitative estimate of drug-likeness (QED) is 0.843. The van der Waals surface area contributed by atoms with Crippen LogP contribution in [0.2, 0.25) is 5.02 Å². The van der Waals surface area contributed by atoms with Crippen LogP contribution >= 0.6 is 11.6 Å². The second kappa shape index (κ2) is 8.22. The SMILES string of the molecule is COc1cccc(Cl)c1CNC1CCN(CCC(F)(F)F)CC1. The lowest BCUT2D eigenvalue weighted by molar-refractivity contribution is -0.138. The fourth-order valence-electron chi connectivity index (χ4n) is 2.79. The smallest absolute Gasteiger partial charge is 0.390 e. The van der Waals surface area contributed by atoms with Crippen molar-refractivity contribution in [3.8, 4) is 5.75 Å². The lowest BCUT2D eigenvalue weighted by Gasteiger charge is -2.32. The number of hydrogen-bond donors (Lipinski definition) is 1. The molecule has 0 amide bonds. The van der Waals surface area contributed by atoms with Crippen LogP contribution < -0.4 is 10.1 Å². The van der Waals surface area contributed by atoms with Gasteiger partial charge in [-0.1, -0.05) is 17.7 Å². The number of rotatable bonds is 6. The first-order chi connectivity index (χ1) is 10.9. The Hall–Kier alpha value is -0.980. The highest BCUT2D eigenvalue weighted by Crippen LogP contribution is 2.26. The summed E-state index contributed by atoms with van der Waals surface area (Å²) in [6.45, 7) is 2.06. The highest BCUT2D eigenvalue weighted by molar-refractivity contribution is 6.31. The summed E-state index contributed by atoms with van der Waals surface area (Å²) < 4.78 is 42.0. The van der Waals surface area contributed by atoms with E-state index < -0.39 is 12.6 Å². The first-order valence-corrected chi connectivity index (χ1v) is 8.10. The van der Waals surface area contributed by atoms with E-state index in [9.17, 15) is 13.2 Å². The van der Waals surface area contributed by atoms with Gasteiger partial charge in [0.05, 0.1) is 13.5 Å². The van der Waals surface area contributed by atoms with E-state index in [1.807, 2.05) is 23.1 Å². The minimum absolute atomic E-state index is 0.0918. The zero-order chi connectivity index (χ0) is 16.9. The van der Waals surface area contributed by atoms with E-state index in [0.717, 1.165) is 24.2 Å². The number of nitrogens with one attached hydrogen (secondary N) is 1. The molecule has 0 radical (unpaired) electrons. The molecular weight excluding hydrogens is 329 g/mol. The maximum Gasteiger partial charge on any atom is 0.390 e. The van der Waals surface area contributed by atoms with Gasteiger partial charge in [0, 0.05) is 29.7 Å². The van der Waals surface area contributed by atoms with Crippen molar-refractivity contribution in [2.75, 3.05) is 26.7 Å². The summed E-state index contributed by atoms with van der Waals surface area (Å²) in [7, 11) is 1.61. The van der Waals surface area contributed by atoms with Crippen LogP contribution in [0.4, 0.5) is 13.2 Å². The van der Waals surface area contributed by atoms with Gasteiger partial charge in [0.2, 0.25) is 0 Å². The zero-order valence-corrected chi connectivity index (χ0v) is 13.9. The maximum absolute atomic E-state index is 12.2. The molecule has 2 rings (SSSR count). The molecule has 0 aromatic heterocycles. The summed E-state index contributed by atoms with van der Waals surface area (Å²) in [5.41, 5.74) is 0.913. The highest BCUT2D eigenvalue weighted by atomic mass is 35.5. The minimum atomic E-state index is -4.07. The number of nitrogens with zero attached hydrogens (tertiary/aromatic N) is 1. The average Bonchev–Trinajstić information content (AvgIpc) is 2.52. The summed E-state index contributed by atoms with van der Waals surface area (Å²) in [6, 6.07) is 5.81. The van der Waals surface area contributed by atoms with Crippen molar-refractivity contribution in [3.63, 3.8) is 0 Å². The first kappa shape index (κ1) is 18.4. The number of methoxy groups -OCH3 is 1. The van der Waals surface area contributed by atoms with Crippen molar-refractivity contribution in [2.45, 2.75) is 38.0 Å². The van der Waals surface area contributed by atoms with Gasteiger partial charge in [-0.05, 0) is 38.1 Å². The van der Waals surface area contributed by atoms with Gasteiger partial charge in [-0.25, -0.2) is 0 Å². The van der Waals surface area contributed by atoms with Crippen molar-refractivity contribution >= 4 is 11.6 Å². The standard InChI is InChI=1S/C16H22ClF3N2O/c1-23-15-4-2-3-14(17)13(15)11-21-12-5-8-22(9-6-12)10-7-16(18,19)20/h2-4,12,21H,5-11H2,1H3. The minimum Gasteiger partial charge on any atom is -0.496 e. The number of benzene rings is 1. The summed E-state index contributed by atoms with van der Waals surface area (Å²) in [6.07, 6.45) is -3.13. The predicted octanol–water partition coefficient (Wildman–Crippen LogP) is 3.86. The number of ether oxygens (including phenoxy) is 1. The first-order valence-electron chi connectivity index (χ1n) is 7.73. The molecule has 1 aliphatic rings. The molecule has 1 aromatic rings. The molecule has 1 N–H and O–H groups in total. The monoisotopic (exact) mass is 350 g/mol. The third kappa shape index (κ3) is 5.86. The Morgan fingerprint density at radius 2 is 2.00 bits per heavy atom. The molecule has 0 aliphatic carbocycles. The number of halogens is 4. The van der Waals surface area contributed by atoms with Crippen molar-refractivity contribution in [2.24, 2.45) is 0 Å². The molecule has 0 atom stereocenters. The number of piperidine rings is 1. The Labute approximate surface area is 139 Å². The van der Waals surface area contributed by atoms with Crippen LogP contribution in [-0.2, 0) is 6.54 Å². The van der Waals surface area contributed by atoms with Crippen LogP contribution in [0.25, 0.3) is 0 Å². The van der Waals surface area contributed by atoms with Crippen molar-refractivity contribution in [1.29, 1.82) is 0 Å². The van der Waals surface area contributed by atoms with E-state index in [4.69, 9.17) is 16.3 Å². The lowest BCUT2D eigenvalue weighted by atomic mass is 10.0. The van der Waals surface area contributed by atoms with Crippen molar-refractivity contribution < 1.29 is 17.9 Å². The van der Waals surface area contributed by atoms with E-state index in [1.54, 1.807) is 7.11 Å².